The highest BCUT2D eigenvalue weighted by atomic mass is 35.5. The summed E-state index contributed by atoms with van der Waals surface area (Å²) in [5.41, 5.74) is -0.602. The van der Waals surface area contributed by atoms with E-state index in [1.807, 2.05) is 0 Å². The lowest BCUT2D eigenvalue weighted by molar-refractivity contribution is 0.0192. The van der Waals surface area contributed by atoms with Crippen molar-refractivity contribution in [3.05, 3.63) is 59.1 Å². The first-order valence-corrected chi connectivity index (χ1v) is 19.6. The maximum atomic E-state index is 13.3. The van der Waals surface area contributed by atoms with E-state index in [4.69, 9.17) is 37.4 Å². The van der Waals surface area contributed by atoms with Gasteiger partial charge in [0.2, 0.25) is 20.0 Å². The number of benzene rings is 2. The second kappa shape index (κ2) is 17.9. The number of nitrogens with zero attached hydrogens (tertiary/aromatic N) is 5. The van der Waals surface area contributed by atoms with E-state index in [-0.39, 0.29) is 66.1 Å². The number of rotatable bonds is 6. The average Bonchev–Trinajstić information content (AvgIpc) is 3.11. The molecule has 4 heterocycles. The Hall–Kier alpha value is -3.22. The first kappa shape index (κ1) is 44.2. The van der Waals surface area contributed by atoms with Crippen LogP contribution in [0.2, 0.25) is 10.3 Å². The van der Waals surface area contributed by atoms with Crippen LogP contribution >= 0.6 is 35.6 Å². The molecule has 14 nitrogen and oxygen atoms in total. The van der Waals surface area contributed by atoms with Crippen LogP contribution in [-0.2, 0) is 24.8 Å². The molecule has 0 atom stereocenters. The number of halogens is 3. The molecule has 19 heteroatoms. The van der Waals surface area contributed by atoms with Gasteiger partial charge >= 0.3 is 6.09 Å². The summed E-state index contributed by atoms with van der Waals surface area (Å²) in [4.78, 5) is 22.1. The smallest absolute Gasteiger partial charge is 0.410 e. The van der Waals surface area contributed by atoms with Crippen molar-refractivity contribution in [2.24, 2.45) is 0 Å². The van der Waals surface area contributed by atoms with Crippen LogP contribution in [0.1, 0.15) is 28.2 Å². The Morgan fingerprint density at radius 1 is 0.717 bits per heavy atom. The largest absolute Gasteiger partial charge is 0.496 e. The fraction of sp³-hybridized carbons (Fsp3) is 0.441. The van der Waals surface area contributed by atoms with Gasteiger partial charge in [-0.15, -0.1) is 12.4 Å². The molecule has 53 heavy (non-hydrogen) atoms. The second-order valence-corrected chi connectivity index (χ2v) is 17.1. The highest BCUT2D eigenvalue weighted by molar-refractivity contribution is 7.89. The van der Waals surface area contributed by atoms with Crippen LogP contribution in [0, 0.1) is 0 Å². The van der Waals surface area contributed by atoms with E-state index in [0.717, 1.165) is 0 Å². The molecule has 0 bridgehead atoms. The number of ether oxygens (including phenoxy) is 3. The van der Waals surface area contributed by atoms with Gasteiger partial charge in [0, 0.05) is 75.5 Å². The first-order chi connectivity index (χ1) is 24.1. The number of hydrogen-bond acceptors (Lipinski definition) is 11. The Bertz CT molecular complexity index is 2140. The van der Waals surface area contributed by atoms with Crippen molar-refractivity contribution in [1.29, 1.82) is 0 Å². The lowest BCUT2D eigenvalue weighted by Crippen LogP contribution is -2.51. The number of carbonyl (C=O) groups excluding carboxylic acids is 1. The number of nitrogens with one attached hydrogen (secondary N) is 1. The topological polar surface area (TPSA) is 161 Å². The molecule has 0 saturated carbocycles. The van der Waals surface area contributed by atoms with Crippen molar-refractivity contribution >= 4 is 83.3 Å². The van der Waals surface area contributed by atoms with Crippen molar-refractivity contribution in [3.8, 4) is 11.5 Å². The van der Waals surface area contributed by atoms with Crippen LogP contribution in [0.4, 0.5) is 4.79 Å². The third kappa shape index (κ3) is 9.54. The normalized spacial score (nSPS) is 15.8. The van der Waals surface area contributed by atoms with Crippen molar-refractivity contribution in [3.63, 3.8) is 0 Å². The van der Waals surface area contributed by atoms with Crippen molar-refractivity contribution in [2.75, 3.05) is 66.6 Å². The fourth-order valence-electron chi connectivity index (χ4n) is 5.79. The third-order valence-electron chi connectivity index (χ3n) is 8.25. The van der Waals surface area contributed by atoms with Gasteiger partial charge in [-0.2, -0.15) is 8.61 Å². The average molecular weight is 836 g/mol. The minimum absolute atomic E-state index is 0. The molecule has 0 unspecified atom stereocenters. The number of pyridine rings is 2. The molecule has 0 aliphatic carbocycles. The summed E-state index contributed by atoms with van der Waals surface area (Å²) in [5, 5.41) is 5.48. The Morgan fingerprint density at radius 2 is 1.13 bits per heavy atom. The van der Waals surface area contributed by atoms with E-state index in [1.54, 1.807) is 51.1 Å². The van der Waals surface area contributed by atoms with Gasteiger partial charge in [-0.25, -0.2) is 31.6 Å². The zero-order valence-electron chi connectivity index (χ0n) is 29.3. The number of fused-ring (bicyclic) bond motifs is 2. The van der Waals surface area contributed by atoms with Crippen LogP contribution in [0.15, 0.2) is 58.6 Å². The molecule has 2 saturated heterocycles. The molecule has 292 valence electrons. The van der Waals surface area contributed by atoms with Gasteiger partial charge in [-0.1, -0.05) is 30.6 Å². The van der Waals surface area contributed by atoms with Crippen molar-refractivity contribution < 1.29 is 35.8 Å². The predicted octanol–water partition coefficient (Wildman–Crippen LogP) is 5.69. The SMILES string of the molecule is C.COc1ccc(S(=O)(=O)N2CCN(C(=O)OC(C)(C)C)CC2)c2ccnc(Cl)c12.COc1ccc(S(=O)(=O)N2CCNCC2)c2ccnc(Cl)c12.Cl. The molecular weight excluding hydrogens is 791 g/mol. The Kier molecular flexibility index (Phi) is 15.0. The summed E-state index contributed by atoms with van der Waals surface area (Å²) in [6.45, 7) is 8.44. The van der Waals surface area contributed by atoms with Gasteiger partial charge in [-0.05, 0) is 57.2 Å². The molecule has 2 aliphatic rings. The highest BCUT2D eigenvalue weighted by Crippen LogP contribution is 2.37. The van der Waals surface area contributed by atoms with Gasteiger partial charge in [0.15, 0.2) is 0 Å². The zero-order valence-corrected chi connectivity index (χ0v) is 33.2. The van der Waals surface area contributed by atoms with Gasteiger partial charge in [0.25, 0.3) is 0 Å². The number of aromatic nitrogens is 2. The van der Waals surface area contributed by atoms with Gasteiger partial charge in [0.1, 0.15) is 27.4 Å². The van der Waals surface area contributed by atoms with Gasteiger partial charge in [0.05, 0.1) is 34.8 Å². The Balaban J connectivity index is 0.000000284. The summed E-state index contributed by atoms with van der Waals surface area (Å²) < 4.78 is 71.2. The minimum atomic E-state index is -3.80. The van der Waals surface area contributed by atoms with E-state index in [2.05, 4.69) is 15.3 Å². The Labute approximate surface area is 327 Å². The van der Waals surface area contributed by atoms with E-state index in [0.29, 0.717) is 59.2 Å². The summed E-state index contributed by atoms with van der Waals surface area (Å²) in [7, 11) is -4.38. The zero-order chi connectivity index (χ0) is 37.1. The lowest BCUT2D eigenvalue weighted by Gasteiger charge is -2.35. The standard InChI is InChI=1S/C19H24ClN3O5S.C14H16ClN3O3S.CH4.ClH/c1-19(2,3)28-18(24)22-9-11-23(12-10-22)29(25,26)15-6-5-14(27-4)16-13(15)7-8-21-17(16)20;1-21-11-2-3-12(10-4-5-17-14(15)13(10)11)22(19,20)18-8-6-16-7-9-18;;/h5-8H,9-12H2,1-4H3;2-5,16H,6-9H2,1H3;1H4;1H. The molecule has 1 N–H and O–H groups in total. The number of methoxy groups -OCH3 is 2. The molecule has 2 aromatic heterocycles. The number of hydrogen-bond donors (Lipinski definition) is 1. The number of amides is 1. The van der Waals surface area contributed by atoms with Crippen LogP contribution < -0.4 is 14.8 Å². The van der Waals surface area contributed by atoms with Crippen LogP contribution in [-0.4, -0.2) is 119 Å². The van der Waals surface area contributed by atoms with E-state index >= 15 is 0 Å². The molecule has 0 spiro atoms. The van der Waals surface area contributed by atoms with Crippen molar-refractivity contribution in [1.82, 2.24) is 28.8 Å². The first-order valence-electron chi connectivity index (χ1n) is 16.0. The second-order valence-electron chi connectivity index (χ2n) is 12.6. The van der Waals surface area contributed by atoms with Gasteiger partial charge < -0.3 is 24.4 Å². The highest BCUT2D eigenvalue weighted by Gasteiger charge is 2.34. The monoisotopic (exact) mass is 834 g/mol. The summed E-state index contributed by atoms with van der Waals surface area (Å²) in [5.74, 6) is 0.958. The van der Waals surface area contributed by atoms with Crippen LogP contribution in [0.3, 0.4) is 0 Å². The number of carbonyl (C=O) groups is 1. The quantitative estimate of drug-likeness (QED) is 0.238. The molecular formula is C34H45Cl3N6O8S2. The summed E-state index contributed by atoms with van der Waals surface area (Å²) in [6, 6.07) is 9.51. The molecule has 6 rings (SSSR count). The lowest BCUT2D eigenvalue weighted by atomic mass is 10.1. The van der Waals surface area contributed by atoms with Gasteiger partial charge in [-0.3, -0.25) is 0 Å². The van der Waals surface area contributed by atoms with E-state index in [9.17, 15) is 21.6 Å². The minimum Gasteiger partial charge on any atom is -0.496 e. The molecule has 2 aromatic carbocycles. The van der Waals surface area contributed by atoms with E-state index in [1.165, 1.54) is 46.2 Å². The molecule has 0 radical (unpaired) electrons. The molecule has 4 aromatic rings. The maximum absolute atomic E-state index is 13.3. The summed E-state index contributed by atoms with van der Waals surface area (Å²) >= 11 is 12.3. The van der Waals surface area contributed by atoms with Crippen LogP contribution in [0.25, 0.3) is 21.5 Å². The predicted molar refractivity (Wildman–Crippen MR) is 209 cm³/mol. The molecule has 2 fully saturated rings. The Morgan fingerprint density at radius 3 is 1.53 bits per heavy atom. The molecule has 1 amide bonds. The third-order valence-corrected chi connectivity index (χ3v) is 12.7. The number of piperazine rings is 2. The van der Waals surface area contributed by atoms with Crippen molar-refractivity contribution in [2.45, 2.75) is 43.6 Å². The van der Waals surface area contributed by atoms with E-state index < -0.39 is 31.7 Å². The summed E-state index contributed by atoms with van der Waals surface area (Å²) in [6.07, 6.45) is 2.52. The van der Waals surface area contributed by atoms with Crippen LogP contribution in [0.5, 0.6) is 11.5 Å². The maximum Gasteiger partial charge on any atom is 0.410 e. The number of sulfonamides is 2. The fourth-order valence-corrected chi connectivity index (χ4v) is 9.53. The molecule has 2 aliphatic heterocycles.